The molecule has 28 heavy (non-hydrogen) atoms. The fraction of sp³-hybridized carbons (Fsp3) is 0.870. The molecule has 154 valence electrons. The zero-order valence-electron chi connectivity index (χ0n) is 16.9. The van der Waals surface area contributed by atoms with Gasteiger partial charge in [0.1, 0.15) is 12.2 Å². The third-order valence-electron chi connectivity index (χ3n) is 10.1. The van der Waals surface area contributed by atoms with Crippen molar-refractivity contribution in [1.82, 2.24) is 0 Å². The maximum Gasteiger partial charge on any atom is 0.331 e. The molecule has 0 aromatic carbocycles. The number of hydrogen-bond acceptors (Lipinski definition) is 5. The normalized spacial score (nSPS) is 59.5. The van der Waals surface area contributed by atoms with Crippen LogP contribution >= 0.6 is 0 Å². The molecule has 5 heteroatoms. The molecular formula is C23H32O5. The lowest BCUT2D eigenvalue weighted by atomic mass is 9.43. The van der Waals surface area contributed by atoms with Crippen LogP contribution in [0, 0.1) is 34.5 Å². The van der Waals surface area contributed by atoms with E-state index in [1.54, 1.807) is 6.08 Å². The van der Waals surface area contributed by atoms with Gasteiger partial charge in [0.15, 0.2) is 0 Å². The maximum atomic E-state index is 11.7. The number of hydrogen-bond donors (Lipinski definition) is 2. The summed E-state index contributed by atoms with van der Waals surface area (Å²) in [6, 6.07) is 0. The Bertz CT molecular complexity index is 762. The molecule has 6 rings (SSSR count). The SMILES string of the molecule is C[C@]12C[C@@H](O)[C@H]3[C@@H](C[C@@H]4O[C@@]45C[C@@H](O)CC[C@]35C)[C@@H]1CC[C@@H]2C1=CC(=O)OC1. The van der Waals surface area contributed by atoms with Gasteiger partial charge in [-0.3, -0.25) is 0 Å². The molecule has 4 aliphatic carbocycles. The lowest BCUT2D eigenvalue weighted by Crippen LogP contribution is -2.62. The molecule has 5 nitrogen and oxygen atoms in total. The van der Waals surface area contributed by atoms with Crippen LogP contribution in [0.5, 0.6) is 0 Å². The van der Waals surface area contributed by atoms with Gasteiger partial charge < -0.3 is 19.7 Å². The molecule has 0 radical (unpaired) electrons. The topological polar surface area (TPSA) is 79.3 Å². The number of fused-ring (bicyclic) bond motifs is 4. The van der Waals surface area contributed by atoms with Crippen LogP contribution in [0.15, 0.2) is 11.6 Å². The van der Waals surface area contributed by atoms with Gasteiger partial charge in [-0.1, -0.05) is 13.8 Å². The third kappa shape index (κ3) is 2.01. The molecular weight excluding hydrogens is 356 g/mol. The fourth-order valence-corrected chi connectivity index (χ4v) is 8.98. The van der Waals surface area contributed by atoms with Crippen molar-refractivity contribution in [2.24, 2.45) is 34.5 Å². The first-order chi connectivity index (χ1) is 13.3. The Balaban J connectivity index is 1.36. The van der Waals surface area contributed by atoms with E-state index in [0.717, 1.165) is 44.1 Å². The number of rotatable bonds is 1. The Labute approximate surface area is 166 Å². The van der Waals surface area contributed by atoms with E-state index in [0.29, 0.717) is 24.4 Å². The van der Waals surface area contributed by atoms with Crippen molar-refractivity contribution in [3.63, 3.8) is 0 Å². The number of esters is 1. The number of carbonyl (C=O) groups excluding carboxylic acids is 1. The Morgan fingerprint density at radius 2 is 1.96 bits per heavy atom. The van der Waals surface area contributed by atoms with Gasteiger partial charge in [-0.25, -0.2) is 4.79 Å². The minimum absolute atomic E-state index is 0.0276. The second-order valence-electron chi connectivity index (χ2n) is 11.1. The van der Waals surface area contributed by atoms with E-state index >= 15 is 0 Å². The molecule has 0 aromatic heterocycles. The Morgan fingerprint density at radius 3 is 2.71 bits per heavy atom. The molecule has 1 saturated heterocycles. The van der Waals surface area contributed by atoms with Gasteiger partial charge in [0.2, 0.25) is 0 Å². The molecule has 2 N–H and O–H groups in total. The van der Waals surface area contributed by atoms with Crippen molar-refractivity contribution in [3.05, 3.63) is 11.6 Å². The van der Waals surface area contributed by atoms with Crippen LogP contribution in [-0.2, 0) is 14.3 Å². The van der Waals surface area contributed by atoms with Crippen molar-refractivity contribution in [2.45, 2.75) is 82.7 Å². The Kier molecular flexibility index (Phi) is 3.46. The molecule has 0 aromatic rings. The number of aliphatic hydroxyl groups excluding tert-OH is 2. The van der Waals surface area contributed by atoms with Gasteiger partial charge in [-0.2, -0.15) is 0 Å². The van der Waals surface area contributed by atoms with Crippen molar-refractivity contribution >= 4 is 5.97 Å². The summed E-state index contributed by atoms with van der Waals surface area (Å²) in [6.07, 6.45) is 7.93. The molecule has 6 aliphatic rings. The van der Waals surface area contributed by atoms with Crippen LogP contribution < -0.4 is 0 Å². The average molecular weight is 389 g/mol. The molecule has 1 spiro atoms. The first-order valence-corrected chi connectivity index (χ1v) is 11.2. The number of cyclic esters (lactones) is 1. The first-order valence-electron chi connectivity index (χ1n) is 11.2. The highest BCUT2D eigenvalue weighted by Gasteiger charge is 2.77. The van der Waals surface area contributed by atoms with Crippen LogP contribution in [0.3, 0.4) is 0 Å². The van der Waals surface area contributed by atoms with Crippen LogP contribution in [0.25, 0.3) is 0 Å². The van der Waals surface area contributed by atoms with E-state index in [2.05, 4.69) is 13.8 Å². The summed E-state index contributed by atoms with van der Waals surface area (Å²) in [7, 11) is 0. The predicted octanol–water partition coefficient (Wildman–Crippen LogP) is 2.59. The van der Waals surface area contributed by atoms with E-state index in [4.69, 9.17) is 9.47 Å². The van der Waals surface area contributed by atoms with Gasteiger partial charge in [-0.15, -0.1) is 0 Å². The van der Waals surface area contributed by atoms with Gasteiger partial charge in [-0.05, 0) is 73.2 Å². The summed E-state index contributed by atoms with van der Waals surface area (Å²) in [6.45, 7) is 5.11. The number of aliphatic hydroxyl groups is 2. The van der Waals surface area contributed by atoms with Crippen LogP contribution in [0.2, 0.25) is 0 Å². The molecule has 10 atom stereocenters. The van der Waals surface area contributed by atoms with E-state index < -0.39 is 0 Å². The Hall–Kier alpha value is -0.910. The minimum Gasteiger partial charge on any atom is -0.458 e. The summed E-state index contributed by atoms with van der Waals surface area (Å²) in [4.78, 5) is 11.7. The van der Waals surface area contributed by atoms with Crippen molar-refractivity contribution in [3.8, 4) is 0 Å². The Morgan fingerprint density at radius 1 is 1.14 bits per heavy atom. The van der Waals surface area contributed by atoms with E-state index in [1.165, 1.54) is 6.42 Å². The van der Waals surface area contributed by atoms with Crippen molar-refractivity contribution in [2.75, 3.05) is 6.61 Å². The molecule has 2 heterocycles. The highest BCUT2D eigenvalue weighted by molar-refractivity contribution is 5.85. The maximum absolute atomic E-state index is 11.7. The highest BCUT2D eigenvalue weighted by Crippen LogP contribution is 2.74. The van der Waals surface area contributed by atoms with Crippen molar-refractivity contribution in [1.29, 1.82) is 0 Å². The zero-order chi connectivity index (χ0) is 19.5. The van der Waals surface area contributed by atoms with Gasteiger partial charge >= 0.3 is 5.97 Å². The van der Waals surface area contributed by atoms with E-state index in [1.807, 2.05) is 0 Å². The van der Waals surface area contributed by atoms with Crippen LogP contribution in [0.4, 0.5) is 0 Å². The largest absolute Gasteiger partial charge is 0.458 e. The second-order valence-corrected chi connectivity index (χ2v) is 11.1. The molecule has 4 saturated carbocycles. The van der Waals surface area contributed by atoms with Gasteiger partial charge in [0.05, 0.1) is 18.3 Å². The summed E-state index contributed by atoms with van der Waals surface area (Å²) in [5, 5.41) is 21.8. The molecule has 0 amide bonds. The summed E-state index contributed by atoms with van der Waals surface area (Å²) >= 11 is 0. The lowest BCUT2D eigenvalue weighted by molar-refractivity contribution is -0.165. The first kappa shape index (κ1) is 17.9. The summed E-state index contributed by atoms with van der Waals surface area (Å²) in [5.74, 6) is 1.42. The average Bonchev–Trinajstić information content (AvgIpc) is 2.97. The van der Waals surface area contributed by atoms with E-state index in [9.17, 15) is 15.0 Å². The van der Waals surface area contributed by atoms with E-state index in [-0.39, 0.29) is 46.6 Å². The van der Waals surface area contributed by atoms with Crippen LogP contribution in [-0.4, -0.2) is 46.7 Å². The minimum atomic E-state index is -0.340. The number of carbonyl (C=O) groups is 1. The monoisotopic (exact) mass is 388 g/mol. The lowest BCUT2D eigenvalue weighted by Gasteiger charge is -2.60. The van der Waals surface area contributed by atoms with Gasteiger partial charge in [0.25, 0.3) is 0 Å². The smallest absolute Gasteiger partial charge is 0.331 e. The number of ether oxygens (including phenoxy) is 2. The van der Waals surface area contributed by atoms with Crippen molar-refractivity contribution < 1.29 is 24.5 Å². The quantitative estimate of drug-likeness (QED) is 0.533. The summed E-state index contributed by atoms with van der Waals surface area (Å²) in [5.41, 5.74) is 0.928. The standard InChI is InChI=1S/C23H32O5/c1-21-10-17(25)20-14(16(21)4-3-15(21)12-7-19(26)27-11-12)8-18-23(28-18)9-13(24)5-6-22(20,23)2/h7,13-18,20,24-25H,3-6,8-11H2,1-2H3/t13-,14-,15+,16-,17+,18-,20+,21+,22+,23-/m0/s1. The molecule has 0 unspecified atom stereocenters. The molecule has 2 aliphatic heterocycles. The third-order valence-corrected chi connectivity index (χ3v) is 10.1. The predicted molar refractivity (Wildman–Crippen MR) is 101 cm³/mol. The van der Waals surface area contributed by atoms with Crippen LogP contribution in [0.1, 0.15) is 58.8 Å². The zero-order valence-corrected chi connectivity index (χ0v) is 16.9. The fourth-order valence-electron chi connectivity index (χ4n) is 8.98. The summed E-state index contributed by atoms with van der Waals surface area (Å²) < 4.78 is 11.6. The number of epoxide rings is 1. The molecule has 0 bridgehead atoms. The van der Waals surface area contributed by atoms with Gasteiger partial charge in [0, 0.05) is 17.9 Å². The molecule has 5 fully saturated rings. The highest BCUT2D eigenvalue weighted by atomic mass is 16.6. The second kappa shape index (κ2) is 5.41.